The highest BCUT2D eigenvalue weighted by Gasteiger charge is 2.08. The monoisotopic (exact) mass is 321 g/mol. The van der Waals surface area contributed by atoms with Crippen LogP contribution in [0.4, 0.5) is 23.1 Å². The quantitative estimate of drug-likeness (QED) is 0.499. The van der Waals surface area contributed by atoms with E-state index in [0.717, 1.165) is 22.6 Å². The normalized spacial score (nSPS) is 13.6. The zero-order chi connectivity index (χ0) is 15.6. The Morgan fingerprint density at radius 3 is 2.78 bits per heavy atom. The average molecular weight is 322 g/mol. The lowest BCUT2D eigenvalue weighted by molar-refractivity contribution is 1.16. The predicted molar refractivity (Wildman–Crippen MR) is 93.2 cm³/mol. The van der Waals surface area contributed by atoms with Gasteiger partial charge in [-0.3, -0.25) is 4.98 Å². The van der Waals surface area contributed by atoms with Crippen LogP contribution in [-0.2, 0) is 0 Å². The molecule has 1 aliphatic heterocycles. The first-order valence-electron chi connectivity index (χ1n) is 7.07. The van der Waals surface area contributed by atoms with Gasteiger partial charge in [0.25, 0.3) is 0 Å². The van der Waals surface area contributed by atoms with Crippen molar-refractivity contribution >= 4 is 46.9 Å². The van der Waals surface area contributed by atoms with Crippen molar-refractivity contribution in [1.82, 2.24) is 15.0 Å². The Morgan fingerprint density at radius 2 is 1.83 bits per heavy atom. The number of halogens is 1. The lowest BCUT2D eigenvalue weighted by atomic mass is 10.1. The summed E-state index contributed by atoms with van der Waals surface area (Å²) in [7, 11) is 0. The average Bonchev–Trinajstić information content (AvgIpc) is 2.57. The van der Waals surface area contributed by atoms with E-state index in [-0.39, 0.29) is 0 Å². The van der Waals surface area contributed by atoms with Gasteiger partial charge >= 0.3 is 0 Å². The molecule has 0 atom stereocenters. The summed E-state index contributed by atoms with van der Waals surface area (Å²) in [5.74, 6) is 1.02. The van der Waals surface area contributed by atoms with Crippen LogP contribution in [0.1, 0.15) is 11.3 Å². The summed E-state index contributed by atoms with van der Waals surface area (Å²) in [4.78, 5) is 13.0. The molecule has 2 aromatic heterocycles. The highest BCUT2D eigenvalue weighted by molar-refractivity contribution is 6.32. The maximum absolute atomic E-state index is 6.19. The Morgan fingerprint density at radius 1 is 0.913 bits per heavy atom. The van der Waals surface area contributed by atoms with Gasteiger partial charge in [0.1, 0.15) is 5.02 Å². The summed E-state index contributed by atoms with van der Waals surface area (Å²) in [6.07, 6.45) is 7.29. The molecule has 0 spiro atoms. The number of nitrogens with zero attached hydrogens (tertiary/aromatic N) is 3. The molecule has 23 heavy (non-hydrogen) atoms. The molecule has 0 saturated heterocycles. The molecule has 4 rings (SSSR count). The fourth-order valence-electron chi connectivity index (χ4n) is 2.30. The first-order chi connectivity index (χ1) is 11.3. The molecular formula is C17H12ClN5. The standard InChI is InChI=1S/C17H12ClN5/c18-15-10-20-17-22-14-6-7-19-12(9-14)5-4-11-2-1-3-13(8-11)21-16(15)23-17/h1-10H,(H2,20,21,22,23)/b5-4-. The zero-order valence-corrected chi connectivity index (χ0v) is 12.7. The van der Waals surface area contributed by atoms with Crippen LogP contribution in [0, 0.1) is 0 Å². The third kappa shape index (κ3) is 3.00. The van der Waals surface area contributed by atoms with Gasteiger partial charge in [0.05, 0.1) is 11.9 Å². The van der Waals surface area contributed by atoms with Crippen molar-refractivity contribution in [2.75, 3.05) is 10.6 Å². The van der Waals surface area contributed by atoms with Gasteiger partial charge in [-0.25, -0.2) is 4.98 Å². The number of aromatic nitrogens is 3. The van der Waals surface area contributed by atoms with Gasteiger partial charge < -0.3 is 10.6 Å². The van der Waals surface area contributed by atoms with Crippen molar-refractivity contribution in [2.45, 2.75) is 0 Å². The second kappa shape index (κ2) is 5.70. The van der Waals surface area contributed by atoms with E-state index < -0.39 is 0 Å². The summed E-state index contributed by atoms with van der Waals surface area (Å²) in [6.45, 7) is 0. The molecule has 6 heteroatoms. The third-order valence-electron chi connectivity index (χ3n) is 3.38. The smallest absolute Gasteiger partial charge is 0.229 e. The van der Waals surface area contributed by atoms with E-state index in [9.17, 15) is 0 Å². The van der Waals surface area contributed by atoms with Crippen molar-refractivity contribution in [3.8, 4) is 0 Å². The highest BCUT2D eigenvalue weighted by Crippen LogP contribution is 2.26. The minimum absolute atomic E-state index is 0.460. The molecule has 0 radical (unpaired) electrons. The minimum atomic E-state index is 0.460. The van der Waals surface area contributed by atoms with E-state index in [0.29, 0.717) is 16.8 Å². The topological polar surface area (TPSA) is 62.7 Å². The number of anilines is 4. The van der Waals surface area contributed by atoms with Gasteiger partial charge in [0, 0.05) is 17.6 Å². The Balaban J connectivity index is 1.89. The molecule has 3 heterocycles. The van der Waals surface area contributed by atoms with Gasteiger partial charge in [0.2, 0.25) is 5.95 Å². The number of hydrogen-bond donors (Lipinski definition) is 2. The molecule has 0 fully saturated rings. The van der Waals surface area contributed by atoms with E-state index in [1.807, 2.05) is 48.6 Å². The molecule has 0 amide bonds. The lowest BCUT2D eigenvalue weighted by Crippen LogP contribution is -2.01. The Labute approximate surface area is 138 Å². The summed E-state index contributed by atoms with van der Waals surface area (Å²) in [6, 6.07) is 11.8. The first kappa shape index (κ1) is 13.7. The molecule has 1 aliphatic rings. The van der Waals surface area contributed by atoms with E-state index in [2.05, 4.69) is 25.6 Å². The van der Waals surface area contributed by atoms with Crippen molar-refractivity contribution in [2.24, 2.45) is 0 Å². The molecule has 112 valence electrons. The van der Waals surface area contributed by atoms with Gasteiger partial charge in [0.15, 0.2) is 5.82 Å². The van der Waals surface area contributed by atoms with Gasteiger partial charge in [-0.2, -0.15) is 4.98 Å². The van der Waals surface area contributed by atoms with Crippen LogP contribution < -0.4 is 10.6 Å². The van der Waals surface area contributed by atoms with Crippen LogP contribution in [0.3, 0.4) is 0 Å². The van der Waals surface area contributed by atoms with Crippen LogP contribution in [0.5, 0.6) is 0 Å². The number of rotatable bonds is 0. The number of fused-ring (bicyclic) bond motifs is 6. The Kier molecular flexibility index (Phi) is 3.40. The second-order valence-electron chi connectivity index (χ2n) is 5.07. The molecule has 6 bridgehead atoms. The fourth-order valence-corrected chi connectivity index (χ4v) is 2.44. The second-order valence-corrected chi connectivity index (χ2v) is 5.48. The number of benzene rings is 1. The van der Waals surface area contributed by atoms with Gasteiger partial charge in [-0.05, 0) is 35.9 Å². The van der Waals surface area contributed by atoms with E-state index >= 15 is 0 Å². The summed E-state index contributed by atoms with van der Waals surface area (Å²) in [5.41, 5.74) is 3.66. The van der Waals surface area contributed by atoms with Crippen molar-refractivity contribution < 1.29 is 0 Å². The molecule has 5 nitrogen and oxygen atoms in total. The van der Waals surface area contributed by atoms with Crippen molar-refractivity contribution in [3.05, 3.63) is 65.1 Å². The molecular weight excluding hydrogens is 310 g/mol. The van der Waals surface area contributed by atoms with Gasteiger partial charge in [-0.15, -0.1) is 0 Å². The molecule has 0 unspecified atom stereocenters. The number of hydrogen-bond acceptors (Lipinski definition) is 5. The third-order valence-corrected chi connectivity index (χ3v) is 3.65. The number of nitrogens with one attached hydrogen (secondary N) is 2. The van der Waals surface area contributed by atoms with Crippen LogP contribution >= 0.6 is 11.6 Å². The summed E-state index contributed by atoms with van der Waals surface area (Å²) >= 11 is 6.19. The van der Waals surface area contributed by atoms with E-state index in [4.69, 9.17) is 11.6 Å². The maximum atomic E-state index is 6.19. The minimum Gasteiger partial charge on any atom is -0.339 e. The van der Waals surface area contributed by atoms with Crippen molar-refractivity contribution in [3.63, 3.8) is 0 Å². The van der Waals surface area contributed by atoms with Crippen molar-refractivity contribution in [1.29, 1.82) is 0 Å². The SMILES string of the molecule is Clc1cnc2nc1Nc1cccc(c1)/C=C\c1cc(ccn1)N2. The molecule has 0 saturated carbocycles. The predicted octanol–water partition coefficient (Wildman–Crippen LogP) is 4.50. The molecule has 2 N–H and O–H groups in total. The molecule has 3 aromatic rings. The first-order valence-corrected chi connectivity index (χ1v) is 7.45. The van der Waals surface area contributed by atoms with Crippen LogP contribution in [0.15, 0.2) is 48.8 Å². The summed E-state index contributed by atoms with van der Waals surface area (Å²) < 4.78 is 0. The maximum Gasteiger partial charge on any atom is 0.229 e. The summed E-state index contributed by atoms with van der Waals surface area (Å²) in [5, 5.41) is 6.85. The fraction of sp³-hybridized carbons (Fsp3) is 0. The van der Waals surface area contributed by atoms with Crippen LogP contribution in [0.2, 0.25) is 5.02 Å². The zero-order valence-electron chi connectivity index (χ0n) is 12.0. The lowest BCUT2D eigenvalue weighted by Gasteiger charge is -2.10. The number of pyridine rings is 1. The van der Waals surface area contributed by atoms with Crippen LogP contribution in [-0.4, -0.2) is 15.0 Å². The van der Waals surface area contributed by atoms with Crippen LogP contribution in [0.25, 0.3) is 12.2 Å². The Bertz CT molecular complexity index is 907. The highest BCUT2D eigenvalue weighted by atomic mass is 35.5. The van der Waals surface area contributed by atoms with E-state index in [1.54, 1.807) is 12.4 Å². The molecule has 0 aliphatic carbocycles. The largest absolute Gasteiger partial charge is 0.339 e. The van der Waals surface area contributed by atoms with E-state index in [1.165, 1.54) is 0 Å². The molecule has 1 aromatic carbocycles. The van der Waals surface area contributed by atoms with Gasteiger partial charge in [-0.1, -0.05) is 29.8 Å². The Hall–Kier alpha value is -2.92.